The summed E-state index contributed by atoms with van der Waals surface area (Å²) in [7, 11) is 1.32. The van der Waals surface area contributed by atoms with E-state index in [1.165, 1.54) is 7.11 Å². The Morgan fingerprint density at radius 2 is 1.11 bits per heavy atom. The van der Waals surface area contributed by atoms with E-state index in [0.29, 0.717) is 5.56 Å². The Hall–Kier alpha value is -4.05. The first-order valence-electron chi connectivity index (χ1n) is 11.6. The van der Waals surface area contributed by atoms with Crippen molar-refractivity contribution in [3.05, 3.63) is 108 Å². The quantitative estimate of drug-likeness (QED) is 0.363. The Morgan fingerprint density at radius 3 is 1.57 bits per heavy atom. The number of esters is 3. The molecule has 3 aromatic rings. The third-order valence-electron chi connectivity index (χ3n) is 5.77. The molecule has 0 bridgehead atoms. The molecule has 9 nitrogen and oxygen atoms in total. The summed E-state index contributed by atoms with van der Waals surface area (Å²) in [6, 6.07) is 24.7. The first kappa shape index (κ1) is 26.0. The van der Waals surface area contributed by atoms with E-state index in [2.05, 4.69) is 0 Å². The van der Waals surface area contributed by atoms with E-state index < -0.39 is 48.6 Å². The molecule has 1 saturated heterocycles. The Labute approximate surface area is 213 Å². The highest BCUT2D eigenvalue weighted by Crippen LogP contribution is 2.29. The molecule has 4 rings (SSSR count). The van der Waals surface area contributed by atoms with E-state index in [1.54, 1.807) is 91.0 Å². The predicted molar refractivity (Wildman–Crippen MR) is 130 cm³/mol. The predicted octanol–water partition coefficient (Wildman–Crippen LogP) is 3.03. The number of carbonyl (C=O) groups is 3. The Kier molecular flexibility index (Phi) is 8.63. The number of aliphatic hydroxyl groups excluding tert-OH is 1. The number of hydrogen-bond acceptors (Lipinski definition) is 9. The van der Waals surface area contributed by atoms with Gasteiger partial charge in [-0.05, 0) is 36.4 Å². The molecule has 1 aliphatic rings. The molecular weight excluding hydrogens is 480 g/mol. The maximum atomic E-state index is 12.9. The molecule has 37 heavy (non-hydrogen) atoms. The van der Waals surface area contributed by atoms with Crippen molar-refractivity contribution in [1.82, 2.24) is 0 Å². The summed E-state index contributed by atoms with van der Waals surface area (Å²) < 4.78 is 27.8. The summed E-state index contributed by atoms with van der Waals surface area (Å²) in [6.45, 7) is -0.364. The molecule has 3 aromatic carbocycles. The van der Waals surface area contributed by atoms with Crippen molar-refractivity contribution in [2.75, 3.05) is 13.7 Å². The van der Waals surface area contributed by atoms with E-state index in [9.17, 15) is 19.5 Å². The van der Waals surface area contributed by atoms with Crippen molar-refractivity contribution in [3.63, 3.8) is 0 Å². The molecule has 0 aromatic heterocycles. The normalized spacial score (nSPS) is 23.0. The second kappa shape index (κ2) is 12.3. The number of rotatable bonds is 8. The van der Waals surface area contributed by atoms with Gasteiger partial charge < -0.3 is 28.8 Å². The van der Waals surface area contributed by atoms with Crippen LogP contribution in [-0.4, -0.2) is 67.4 Å². The summed E-state index contributed by atoms with van der Waals surface area (Å²) in [6.07, 6.45) is -6.44. The van der Waals surface area contributed by atoms with Gasteiger partial charge in [0.2, 0.25) is 0 Å². The number of benzene rings is 3. The van der Waals surface area contributed by atoms with E-state index in [-0.39, 0.29) is 17.7 Å². The first-order chi connectivity index (χ1) is 18.0. The van der Waals surface area contributed by atoms with Crippen molar-refractivity contribution in [2.24, 2.45) is 0 Å². The van der Waals surface area contributed by atoms with Gasteiger partial charge in [0.15, 0.2) is 18.5 Å². The third kappa shape index (κ3) is 6.39. The number of aliphatic hydroxyl groups is 1. The van der Waals surface area contributed by atoms with Gasteiger partial charge in [0.25, 0.3) is 0 Å². The van der Waals surface area contributed by atoms with Crippen LogP contribution >= 0.6 is 0 Å². The maximum absolute atomic E-state index is 12.9. The molecule has 1 fully saturated rings. The SMILES string of the molecule is CO[C@@H]1[C@H](OC(=O)c2ccccc2)[C@@H](O)O[C@H](COC(=O)c2ccccc2)[C@H]1OC(=O)c1ccccc1. The molecular formula is C28H26O9. The van der Waals surface area contributed by atoms with Gasteiger partial charge in [0.05, 0.1) is 16.7 Å². The van der Waals surface area contributed by atoms with Crippen molar-refractivity contribution in [3.8, 4) is 0 Å². The van der Waals surface area contributed by atoms with Crippen LogP contribution in [0.4, 0.5) is 0 Å². The minimum Gasteiger partial charge on any atom is -0.459 e. The fourth-order valence-electron chi connectivity index (χ4n) is 3.91. The second-order valence-electron chi connectivity index (χ2n) is 8.20. The van der Waals surface area contributed by atoms with Crippen LogP contribution in [0.3, 0.4) is 0 Å². The summed E-state index contributed by atoms with van der Waals surface area (Å²) >= 11 is 0. The van der Waals surface area contributed by atoms with Crippen LogP contribution < -0.4 is 0 Å². The lowest BCUT2D eigenvalue weighted by Crippen LogP contribution is -2.61. The Bertz CT molecular complexity index is 1180. The topological polar surface area (TPSA) is 118 Å². The van der Waals surface area contributed by atoms with Crippen LogP contribution in [0, 0.1) is 0 Å². The summed E-state index contributed by atoms with van der Waals surface area (Å²) in [4.78, 5) is 38.1. The van der Waals surface area contributed by atoms with Gasteiger partial charge >= 0.3 is 17.9 Å². The number of carbonyl (C=O) groups excluding carboxylic acids is 3. The molecule has 192 valence electrons. The lowest BCUT2D eigenvalue weighted by Gasteiger charge is -2.42. The molecule has 0 amide bonds. The van der Waals surface area contributed by atoms with E-state index in [0.717, 1.165) is 0 Å². The summed E-state index contributed by atoms with van der Waals surface area (Å²) in [5.41, 5.74) is 0.831. The average molecular weight is 507 g/mol. The first-order valence-corrected chi connectivity index (χ1v) is 11.6. The Morgan fingerprint density at radius 1 is 0.676 bits per heavy atom. The molecule has 1 N–H and O–H groups in total. The van der Waals surface area contributed by atoms with Gasteiger partial charge in [-0.15, -0.1) is 0 Å². The standard InChI is InChI=1S/C28H26O9/c1-33-23-22(36-26(30)19-13-7-3-8-14-19)21(17-34-25(29)18-11-5-2-6-12-18)35-28(32)24(23)37-27(31)20-15-9-4-10-16-20/h2-16,21-24,28,32H,17H2,1H3/t21-,22-,23+,24+,28+/m1/s1. The van der Waals surface area contributed by atoms with Gasteiger partial charge in [-0.3, -0.25) is 0 Å². The zero-order valence-corrected chi connectivity index (χ0v) is 20.0. The van der Waals surface area contributed by atoms with Gasteiger partial charge in [0.1, 0.15) is 18.8 Å². The van der Waals surface area contributed by atoms with Crippen LogP contribution in [0.1, 0.15) is 31.1 Å². The molecule has 0 spiro atoms. The van der Waals surface area contributed by atoms with Gasteiger partial charge in [-0.2, -0.15) is 0 Å². The van der Waals surface area contributed by atoms with Crippen molar-refractivity contribution < 1.29 is 43.2 Å². The minimum absolute atomic E-state index is 0.251. The monoisotopic (exact) mass is 506 g/mol. The molecule has 1 heterocycles. The van der Waals surface area contributed by atoms with Crippen molar-refractivity contribution in [1.29, 1.82) is 0 Å². The number of methoxy groups -OCH3 is 1. The fourth-order valence-corrected chi connectivity index (χ4v) is 3.91. The maximum Gasteiger partial charge on any atom is 0.338 e. The molecule has 0 radical (unpaired) electrons. The van der Waals surface area contributed by atoms with Crippen molar-refractivity contribution in [2.45, 2.75) is 30.7 Å². The van der Waals surface area contributed by atoms with Crippen LogP contribution in [-0.2, 0) is 23.7 Å². The van der Waals surface area contributed by atoms with Crippen LogP contribution in [0.25, 0.3) is 0 Å². The van der Waals surface area contributed by atoms with E-state index >= 15 is 0 Å². The molecule has 0 saturated carbocycles. The van der Waals surface area contributed by atoms with E-state index in [1.807, 2.05) is 0 Å². The third-order valence-corrected chi connectivity index (χ3v) is 5.77. The van der Waals surface area contributed by atoms with Crippen molar-refractivity contribution >= 4 is 17.9 Å². The van der Waals surface area contributed by atoms with Gasteiger partial charge in [-0.25, -0.2) is 14.4 Å². The number of hydrogen-bond donors (Lipinski definition) is 1. The van der Waals surface area contributed by atoms with Crippen LogP contribution in [0.15, 0.2) is 91.0 Å². The van der Waals surface area contributed by atoms with E-state index in [4.69, 9.17) is 23.7 Å². The molecule has 5 atom stereocenters. The highest BCUT2D eigenvalue weighted by atomic mass is 16.7. The largest absolute Gasteiger partial charge is 0.459 e. The molecule has 1 aliphatic heterocycles. The summed E-state index contributed by atoms with van der Waals surface area (Å²) in [5, 5.41) is 10.7. The summed E-state index contributed by atoms with van der Waals surface area (Å²) in [5.74, 6) is -2.05. The average Bonchev–Trinajstić information content (AvgIpc) is 2.95. The van der Waals surface area contributed by atoms with Crippen LogP contribution in [0.2, 0.25) is 0 Å². The van der Waals surface area contributed by atoms with Crippen LogP contribution in [0.5, 0.6) is 0 Å². The smallest absolute Gasteiger partial charge is 0.338 e. The zero-order chi connectivity index (χ0) is 26.2. The molecule has 0 unspecified atom stereocenters. The Balaban J connectivity index is 1.55. The van der Waals surface area contributed by atoms with Gasteiger partial charge in [-0.1, -0.05) is 54.6 Å². The molecule has 0 aliphatic carbocycles. The lowest BCUT2D eigenvalue weighted by molar-refractivity contribution is -0.288. The number of ether oxygens (including phenoxy) is 5. The van der Waals surface area contributed by atoms with Gasteiger partial charge in [0, 0.05) is 7.11 Å². The highest BCUT2D eigenvalue weighted by Gasteiger charge is 2.50. The molecule has 9 heteroatoms. The zero-order valence-electron chi connectivity index (χ0n) is 20.0. The minimum atomic E-state index is -1.65. The fraction of sp³-hybridized carbons (Fsp3) is 0.250. The highest BCUT2D eigenvalue weighted by molar-refractivity contribution is 5.90. The lowest BCUT2D eigenvalue weighted by atomic mass is 9.98. The second-order valence-corrected chi connectivity index (χ2v) is 8.20.